The number of aromatic hydroxyl groups is 1. The molecule has 14 atom stereocenters. The zero-order valence-electron chi connectivity index (χ0n) is 76.3. The number of nitrogens with zero attached hydrogens (tertiary/aromatic N) is 5. The molecule has 136 heavy (non-hydrogen) atoms. The molecule has 1 unspecified atom stereocenters. The molecule has 43 heteroatoms. The second-order valence-electron chi connectivity index (χ2n) is 34.7. The number of unbranched alkanes of at least 4 members (excludes halogenated alkanes) is 1. The average Bonchev–Trinajstić information content (AvgIpc) is 1.58. The highest BCUT2D eigenvalue weighted by molar-refractivity contribution is 8.00. The Morgan fingerprint density at radius 3 is 1.75 bits per heavy atom. The summed E-state index contributed by atoms with van der Waals surface area (Å²) in [4.78, 5) is 258. The van der Waals surface area contributed by atoms with Crippen LogP contribution in [-0.2, 0) is 118 Å². The van der Waals surface area contributed by atoms with E-state index in [1.165, 1.54) is 64.3 Å². The van der Waals surface area contributed by atoms with Crippen LogP contribution in [0.5, 0.6) is 5.75 Å². The van der Waals surface area contributed by atoms with Crippen LogP contribution in [0.1, 0.15) is 114 Å². The number of nitrogens with two attached hydrogens (primary N) is 1. The third kappa shape index (κ3) is 29.5. The Morgan fingerprint density at radius 1 is 0.551 bits per heavy atom. The number of H-pyrrole nitrogens is 1. The van der Waals surface area contributed by atoms with Crippen LogP contribution in [0.3, 0.4) is 0 Å². The number of morpholine rings is 1. The second kappa shape index (κ2) is 49.6. The molecule has 3 aliphatic heterocycles. The van der Waals surface area contributed by atoms with Gasteiger partial charge in [0.15, 0.2) is 17.5 Å². The Morgan fingerprint density at radius 2 is 1.11 bits per heavy atom. The third-order valence-electron chi connectivity index (χ3n) is 23.6. The van der Waals surface area contributed by atoms with Crippen LogP contribution in [0.2, 0.25) is 0 Å². The zero-order valence-corrected chi connectivity index (χ0v) is 77.1. The summed E-state index contributed by atoms with van der Waals surface area (Å²) in [5.41, 5.74) is 6.92. The lowest BCUT2D eigenvalue weighted by atomic mass is 9.98. The van der Waals surface area contributed by atoms with Crippen molar-refractivity contribution in [3.63, 3.8) is 0 Å². The lowest BCUT2D eigenvalue weighted by molar-refractivity contribution is -0.152. The van der Waals surface area contributed by atoms with E-state index in [-0.39, 0.29) is 50.0 Å². The molecule has 0 aliphatic carbocycles. The molecule has 0 spiro atoms. The molecule has 4 heterocycles. The van der Waals surface area contributed by atoms with E-state index in [1.54, 1.807) is 81.6 Å². The monoisotopic (exact) mass is 1920 g/mol. The number of nitrogens with one attached hydrogen (secondary N) is 10. The number of aliphatic hydroxyl groups excluding tert-OH is 1. The number of halogens is 4. The number of fused-ring (bicyclic) bond motifs is 3. The molecule has 16 N–H and O–H groups in total. The number of carboxylic acid groups (broad SMARTS) is 2. The predicted octanol–water partition coefficient (Wildman–Crippen LogP) is 1.07. The van der Waals surface area contributed by atoms with E-state index in [2.05, 4.69) is 52.8 Å². The summed E-state index contributed by atoms with van der Waals surface area (Å²) in [5.74, 6) is -28.5. The van der Waals surface area contributed by atoms with Crippen molar-refractivity contribution in [1.82, 2.24) is 77.3 Å². The normalized spacial score (nSPS) is 24.0. The second-order valence-corrected chi connectivity index (χ2v) is 35.7. The van der Waals surface area contributed by atoms with Crippen LogP contribution >= 0.6 is 11.8 Å². The summed E-state index contributed by atoms with van der Waals surface area (Å²) in [6, 6.07) is 3.12. The van der Waals surface area contributed by atoms with Crippen LogP contribution in [0.15, 0.2) is 121 Å². The zero-order chi connectivity index (χ0) is 99.6. The summed E-state index contributed by atoms with van der Waals surface area (Å²) in [6.45, 7) is 5.41. The smallest absolute Gasteiger partial charge is 0.305 e. The van der Waals surface area contributed by atoms with Gasteiger partial charge in [-0.15, -0.1) is 11.8 Å². The minimum atomic E-state index is -2.09. The van der Waals surface area contributed by atoms with Gasteiger partial charge in [-0.2, -0.15) is 0 Å². The number of phenolic OH excluding ortho intramolecular Hbond substituents is 1. The highest BCUT2D eigenvalue weighted by Gasteiger charge is 2.48. The summed E-state index contributed by atoms with van der Waals surface area (Å²) in [7, 11) is 3.43. The molecule has 1 aromatic heterocycles. The Hall–Kier alpha value is -13.6. The van der Waals surface area contributed by atoms with Crippen LogP contribution < -0.4 is 53.6 Å². The maximum atomic E-state index is 15.7. The lowest BCUT2D eigenvalue weighted by Crippen LogP contribution is -2.64. The highest BCUT2D eigenvalue weighted by Crippen LogP contribution is 2.28. The van der Waals surface area contributed by atoms with Gasteiger partial charge in [0.25, 0.3) is 0 Å². The number of carbonyl (C=O) groups excluding carboxylic acids is 15. The number of amides is 15. The molecule has 15 amide bonds. The van der Waals surface area contributed by atoms with E-state index in [4.69, 9.17) is 10.5 Å². The maximum absolute atomic E-state index is 15.7. The van der Waals surface area contributed by atoms with E-state index in [9.17, 15) is 62.8 Å². The number of hydrogen-bond acceptors (Lipinski definition) is 21. The number of carboxylic acids is 2. The first-order valence-corrected chi connectivity index (χ1v) is 45.6. The first-order valence-electron chi connectivity index (χ1n) is 44.4. The maximum Gasteiger partial charge on any atom is 0.305 e. The molecule has 0 radical (unpaired) electrons. The molecule has 0 bridgehead atoms. The number of aliphatic carboxylic acids is 2. The molecule has 6 aromatic rings. The highest BCUT2D eigenvalue weighted by atomic mass is 32.2. The van der Waals surface area contributed by atoms with Gasteiger partial charge in [0, 0.05) is 102 Å². The van der Waals surface area contributed by atoms with Crippen LogP contribution in [0, 0.1) is 35.1 Å². The first-order chi connectivity index (χ1) is 64.5. The van der Waals surface area contributed by atoms with Crippen molar-refractivity contribution in [3.8, 4) is 5.75 Å². The van der Waals surface area contributed by atoms with Gasteiger partial charge >= 0.3 is 11.9 Å². The summed E-state index contributed by atoms with van der Waals surface area (Å²) in [5, 5.41) is 65.8. The molecule has 0 saturated carbocycles. The van der Waals surface area contributed by atoms with Crippen molar-refractivity contribution in [2.75, 3.05) is 65.5 Å². The molecule has 9 rings (SSSR count). The fraction of sp³-hybridized carbons (Fsp3) is 0.473. The number of rotatable bonds is 24. The lowest BCUT2D eigenvalue weighted by Gasteiger charge is -2.38. The van der Waals surface area contributed by atoms with Crippen molar-refractivity contribution >= 4 is 123 Å². The molecule has 5 aromatic carbocycles. The summed E-state index contributed by atoms with van der Waals surface area (Å²) in [6.07, 6.45) is -5.42. The predicted molar refractivity (Wildman–Crippen MR) is 484 cm³/mol. The number of likely N-dealkylation sites (N-methyl/N-ethyl adjacent to an activating group) is 3. The van der Waals surface area contributed by atoms with E-state index < -0.39 is 309 Å². The van der Waals surface area contributed by atoms with Gasteiger partial charge in [-0.25, -0.2) is 17.6 Å². The van der Waals surface area contributed by atoms with Gasteiger partial charge in [-0.3, -0.25) is 81.5 Å². The number of aliphatic hydroxyl groups is 1. The quantitative estimate of drug-likeness (QED) is 0.0298. The van der Waals surface area contributed by atoms with Crippen molar-refractivity contribution < 1.29 is 124 Å². The number of hydrogen-bond donors (Lipinski definition) is 15. The van der Waals surface area contributed by atoms with Gasteiger partial charge < -0.3 is 108 Å². The minimum Gasteiger partial charge on any atom is -0.508 e. The largest absolute Gasteiger partial charge is 0.508 e. The molecule has 38 nitrogen and oxygen atoms in total. The number of phenols is 1. The minimum absolute atomic E-state index is 0.173. The van der Waals surface area contributed by atoms with Gasteiger partial charge in [-0.1, -0.05) is 120 Å². The standard InChI is InChI=1S/C93H116F4N16O22S/c1-9-10-20-70-92(133)113-45-58(115)41-72(113)87(128)106-67(42-78(120)121)85(126)108-80(50(4)5)93(134)110(7)71(38-51-16-12-11-13-17-51)86(127)102-63(29-30-77(118)119)90(131)112-31-32-135-46-74(112)88(129)105-66(40-55-43-99-62-19-15-14-18-59(55)62)84(125)104-65(36-52-23-27-57(114)28-24-52)83(124)103-64(33-49(2)3)82(123)107-69(81(122)100-44-75(98)116)47-136-48-76(117)101-68(37-54-34-60(95)79(97)61(96)35-54)89(130)111(8)73(91(132)109(70)6)39-53-21-25-56(94)26-22-53/h11-19,21-28,34-35,43,49-50,58,63-74,80,99,114-115H,9-10,20,29-33,36-42,44-48H2,1-8H3,(H2,98,116)(H,100,122)(H,101,117)(H,102,127)(H,103,124)(H,104,125)(H,105,129)(H,106,128)(H,107,123)(H,108,126)(H,118,119)(H,120,121)/t58-,63+,64+,65+,66+,67+,68+,69+,70+,71+,72-,73?,74-,80+/m1/s1. The molecule has 3 aliphatic rings. The fourth-order valence-electron chi connectivity index (χ4n) is 16.3. The Kier molecular flexibility index (Phi) is 38.7. The van der Waals surface area contributed by atoms with E-state index in [0.29, 0.717) is 57.9 Å². The molecular weight excluding hydrogens is 1800 g/mol. The molecular formula is C93H116F4N16O22S. The third-order valence-corrected chi connectivity index (χ3v) is 24.7. The van der Waals surface area contributed by atoms with Gasteiger partial charge in [-0.05, 0) is 101 Å². The Balaban J connectivity index is 1.15. The summed E-state index contributed by atoms with van der Waals surface area (Å²) >= 11 is 0.617. The van der Waals surface area contributed by atoms with Crippen molar-refractivity contribution in [1.29, 1.82) is 0 Å². The first kappa shape index (κ1) is 106. The number of ether oxygens (including phenoxy) is 1. The van der Waals surface area contributed by atoms with E-state index in [0.717, 1.165) is 43.7 Å². The van der Waals surface area contributed by atoms with Crippen molar-refractivity contribution in [3.05, 3.63) is 173 Å². The van der Waals surface area contributed by atoms with Crippen LogP contribution in [0.25, 0.3) is 10.9 Å². The van der Waals surface area contributed by atoms with E-state index in [1.807, 2.05) is 0 Å². The Labute approximate surface area is 785 Å². The topological polar surface area (TPSA) is 547 Å². The Bertz CT molecular complexity index is 5310. The van der Waals surface area contributed by atoms with Crippen LogP contribution in [-0.4, -0.2) is 301 Å². The number of aromatic nitrogens is 1. The summed E-state index contributed by atoms with van der Waals surface area (Å²) < 4.78 is 65.6. The fourth-order valence-corrected chi connectivity index (χ4v) is 17.1. The van der Waals surface area contributed by atoms with Gasteiger partial charge in [0.2, 0.25) is 88.6 Å². The number of primary amides is 1. The van der Waals surface area contributed by atoms with Crippen molar-refractivity contribution in [2.45, 2.75) is 203 Å². The molecule has 3 saturated heterocycles. The SMILES string of the molecule is CCCC[C@H]1C(=O)N2C[C@H](O)C[C@@H]2C(=O)N[C@@H](CC(=O)O)C(=O)N[C@@H](C(C)C)C(=O)N(C)[C@@H](Cc2ccccc2)C(=O)N[C@@H](CCC(=O)O)C(=O)N2CCOC[C@@H]2C(=O)N[C@@H](Cc2c[nH]c3ccccc23)C(=O)N[C@@H](Cc2ccc(O)cc2)C(=O)N[C@@H](CC(C)C)C(=O)N[C@H](C(=O)NCC(N)=O)CSCC(=O)N[C@@H](Cc2cc(F)c(F)c(F)c2)C(=O)N(C)C(Cc2ccc(F)cc2)C(=O)N1C. The number of benzene rings is 5. The number of aromatic amines is 1. The van der Waals surface area contributed by atoms with E-state index >= 15 is 56.7 Å². The van der Waals surface area contributed by atoms with Gasteiger partial charge in [0.1, 0.15) is 90.1 Å². The number of para-hydroxylation sites is 1. The molecule has 734 valence electrons. The average molecular weight is 1920 g/mol. The number of carbonyl (C=O) groups is 17. The number of thioether (sulfide) groups is 1. The van der Waals surface area contributed by atoms with Crippen molar-refractivity contribution in [2.24, 2.45) is 17.6 Å². The van der Waals surface area contributed by atoms with Gasteiger partial charge in [0.05, 0.1) is 38.0 Å². The molecule has 3 fully saturated rings. The van der Waals surface area contributed by atoms with Crippen LogP contribution in [0.4, 0.5) is 17.6 Å².